The van der Waals surface area contributed by atoms with Gasteiger partial charge >= 0.3 is 0 Å². The van der Waals surface area contributed by atoms with Gasteiger partial charge in [-0.2, -0.15) is 0 Å². The van der Waals surface area contributed by atoms with E-state index < -0.39 is 0 Å². The Bertz CT molecular complexity index is 354. The first-order valence-electron chi connectivity index (χ1n) is 5.46. The van der Waals surface area contributed by atoms with Gasteiger partial charge in [0.15, 0.2) is 0 Å². The van der Waals surface area contributed by atoms with Crippen LogP contribution in [0.3, 0.4) is 0 Å². The number of benzene rings is 1. The second-order valence-electron chi connectivity index (χ2n) is 4.04. The molecule has 0 radical (unpaired) electrons. The van der Waals surface area contributed by atoms with Crippen LogP contribution in [0.5, 0.6) is 0 Å². The molecule has 1 aromatic carbocycles. The lowest BCUT2D eigenvalue weighted by molar-refractivity contribution is 0.458. The van der Waals surface area contributed by atoms with Crippen molar-refractivity contribution in [2.75, 3.05) is 19.3 Å². The number of nitrogens with one attached hydrogen (secondary N) is 1. The van der Waals surface area contributed by atoms with Gasteiger partial charge in [0.1, 0.15) is 5.82 Å². The van der Waals surface area contributed by atoms with E-state index in [1.165, 1.54) is 11.8 Å². The molecule has 0 bridgehead atoms. The van der Waals surface area contributed by atoms with Gasteiger partial charge in [-0.15, -0.1) is 11.8 Å². The second-order valence-corrected chi connectivity index (χ2v) is 5.27. The lowest BCUT2D eigenvalue weighted by Gasteiger charge is -2.23. The molecule has 0 atom stereocenters. The molecular weight excluding hydrogens is 245 g/mol. The van der Waals surface area contributed by atoms with E-state index in [1.54, 1.807) is 6.07 Å². The van der Waals surface area contributed by atoms with Crippen LogP contribution in [0.25, 0.3) is 0 Å². The van der Waals surface area contributed by atoms with Crippen LogP contribution in [0.1, 0.15) is 24.3 Å². The zero-order chi connectivity index (χ0) is 11.5. The number of hydrogen-bond donors (Lipinski definition) is 1. The van der Waals surface area contributed by atoms with E-state index in [1.807, 2.05) is 12.3 Å². The SMILES string of the molecule is CSc1c(F)cc(C2CCNCC2)cc1Cl. The van der Waals surface area contributed by atoms with Crippen LogP contribution in [-0.2, 0) is 0 Å². The van der Waals surface area contributed by atoms with Gasteiger partial charge in [-0.3, -0.25) is 0 Å². The standard InChI is InChI=1S/C12H15ClFNS/c1-16-12-10(13)6-9(7-11(12)14)8-2-4-15-5-3-8/h6-8,15H,2-5H2,1H3. The van der Waals surface area contributed by atoms with Crippen molar-refractivity contribution >= 4 is 23.4 Å². The zero-order valence-corrected chi connectivity index (χ0v) is 10.8. The lowest BCUT2D eigenvalue weighted by atomic mass is 9.90. The number of rotatable bonds is 2. The van der Waals surface area contributed by atoms with Gasteiger partial charge < -0.3 is 5.32 Å². The molecule has 0 unspecified atom stereocenters. The zero-order valence-electron chi connectivity index (χ0n) is 9.22. The fourth-order valence-electron chi connectivity index (χ4n) is 2.17. The molecule has 1 heterocycles. The van der Waals surface area contributed by atoms with Crippen LogP contribution in [0.15, 0.2) is 17.0 Å². The largest absolute Gasteiger partial charge is 0.317 e. The summed E-state index contributed by atoms with van der Waals surface area (Å²) in [5.41, 5.74) is 1.04. The Morgan fingerprint density at radius 1 is 1.38 bits per heavy atom. The Morgan fingerprint density at radius 2 is 2.06 bits per heavy atom. The number of halogens is 2. The van der Waals surface area contributed by atoms with Gasteiger partial charge in [0.2, 0.25) is 0 Å². The lowest BCUT2D eigenvalue weighted by Crippen LogP contribution is -2.26. The minimum absolute atomic E-state index is 0.187. The highest BCUT2D eigenvalue weighted by Crippen LogP contribution is 2.34. The predicted octanol–water partition coefficient (Wildman–Crippen LogP) is 3.67. The van der Waals surface area contributed by atoms with E-state index in [-0.39, 0.29) is 5.82 Å². The maximum absolute atomic E-state index is 13.7. The molecule has 1 aliphatic rings. The number of thioether (sulfide) groups is 1. The minimum atomic E-state index is -0.187. The Balaban J connectivity index is 2.28. The smallest absolute Gasteiger partial charge is 0.138 e. The second kappa shape index (κ2) is 5.39. The molecule has 1 aromatic rings. The summed E-state index contributed by atoms with van der Waals surface area (Å²) in [4.78, 5) is 0.555. The summed E-state index contributed by atoms with van der Waals surface area (Å²) in [6, 6.07) is 3.57. The van der Waals surface area contributed by atoms with E-state index in [2.05, 4.69) is 5.32 Å². The third-order valence-corrected chi connectivity index (χ3v) is 4.27. The summed E-state index contributed by atoms with van der Waals surface area (Å²) in [6.07, 6.45) is 3.97. The van der Waals surface area contributed by atoms with Gasteiger partial charge in [-0.1, -0.05) is 11.6 Å². The monoisotopic (exact) mass is 259 g/mol. The third-order valence-electron chi connectivity index (χ3n) is 3.04. The highest BCUT2D eigenvalue weighted by molar-refractivity contribution is 7.98. The van der Waals surface area contributed by atoms with Crippen molar-refractivity contribution in [2.45, 2.75) is 23.7 Å². The molecule has 0 saturated carbocycles. The van der Waals surface area contributed by atoms with Crippen molar-refractivity contribution in [1.82, 2.24) is 5.32 Å². The molecular formula is C12H15ClFNS. The molecule has 4 heteroatoms. The van der Waals surface area contributed by atoms with Crippen LogP contribution in [0, 0.1) is 5.82 Å². The molecule has 0 spiro atoms. The van der Waals surface area contributed by atoms with Gasteiger partial charge in [-0.25, -0.2) is 4.39 Å². The van der Waals surface area contributed by atoms with Crippen LogP contribution in [0.4, 0.5) is 4.39 Å². The molecule has 88 valence electrons. The van der Waals surface area contributed by atoms with Crippen molar-refractivity contribution in [3.63, 3.8) is 0 Å². The highest BCUT2D eigenvalue weighted by Gasteiger charge is 2.18. The van der Waals surface area contributed by atoms with Crippen molar-refractivity contribution in [2.24, 2.45) is 0 Å². The maximum Gasteiger partial charge on any atom is 0.138 e. The van der Waals surface area contributed by atoms with Crippen molar-refractivity contribution < 1.29 is 4.39 Å². The summed E-state index contributed by atoms with van der Waals surface area (Å²) in [7, 11) is 0. The Morgan fingerprint density at radius 3 is 2.62 bits per heavy atom. The molecule has 0 amide bonds. The molecule has 2 rings (SSSR count). The normalized spacial score (nSPS) is 17.7. The molecule has 1 aliphatic heterocycles. The Labute approximate surface area is 105 Å². The maximum atomic E-state index is 13.7. The van der Waals surface area contributed by atoms with Gasteiger partial charge in [0.25, 0.3) is 0 Å². The van der Waals surface area contributed by atoms with Crippen LogP contribution >= 0.6 is 23.4 Å². The molecule has 1 N–H and O–H groups in total. The van der Waals surface area contributed by atoms with E-state index in [0.717, 1.165) is 31.5 Å². The summed E-state index contributed by atoms with van der Waals surface area (Å²) in [5.74, 6) is 0.262. The summed E-state index contributed by atoms with van der Waals surface area (Å²) in [6.45, 7) is 2.02. The minimum Gasteiger partial charge on any atom is -0.317 e. The quantitative estimate of drug-likeness (QED) is 0.814. The third kappa shape index (κ3) is 2.53. The van der Waals surface area contributed by atoms with E-state index in [0.29, 0.717) is 15.8 Å². The average molecular weight is 260 g/mol. The molecule has 1 saturated heterocycles. The summed E-state index contributed by atoms with van der Waals surface area (Å²) in [5, 5.41) is 3.85. The molecule has 1 fully saturated rings. The topological polar surface area (TPSA) is 12.0 Å². The average Bonchev–Trinajstić information content (AvgIpc) is 2.30. The van der Waals surface area contributed by atoms with Crippen LogP contribution < -0.4 is 5.32 Å². The molecule has 16 heavy (non-hydrogen) atoms. The van der Waals surface area contributed by atoms with Crippen LogP contribution in [-0.4, -0.2) is 19.3 Å². The molecule has 0 aromatic heterocycles. The first-order chi connectivity index (χ1) is 7.72. The summed E-state index contributed by atoms with van der Waals surface area (Å²) < 4.78 is 13.7. The van der Waals surface area contributed by atoms with E-state index in [4.69, 9.17) is 11.6 Å². The summed E-state index contributed by atoms with van der Waals surface area (Å²) >= 11 is 7.44. The number of hydrogen-bond acceptors (Lipinski definition) is 2. The van der Waals surface area contributed by atoms with E-state index >= 15 is 0 Å². The van der Waals surface area contributed by atoms with Crippen molar-refractivity contribution in [3.8, 4) is 0 Å². The molecule has 0 aliphatic carbocycles. The van der Waals surface area contributed by atoms with Crippen molar-refractivity contribution in [1.29, 1.82) is 0 Å². The predicted molar refractivity (Wildman–Crippen MR) is 68.0 cm³/mol. The van der Waals surface area contributed by atoms with E-state index in [9.17, 15) is 4.39 Å². The van der Waals surface area contributed by atoms with Crippen molar-refractivity contribution in [3.05, 3.63) is 28.5 Å². The van der Waals surface area contributed by atoms with Crippen LogP contribution in [0.2, 0.25) is 5.02 Å². The van der Waals surface area contributed by atoms with Gasteiger partial charge in [0, 0.05) is 0 Å². The number of piperidine rings is 1. The molecule has 1 nitrogen and oxygen atoms in total. The highest BCUT2D eigenvalue weighted by atomic mass is 35.5. The Hall–Kier alpha value is -0.250. The van der Waals surface area contributed by atoms with Gasteiger partial charge in [0.05, 0.1) is 9.92 Å². The first-order valence-corrected chi connectivity index (χ1v) is 7.06. The fourth-order valence-corrected chi connectivity index (χ4v) is 3.12. The van der Waals surface area contributed by atoms with Gasteiger partial charge in [-0.05, 0) is 55.8 Å². The Kier molecular flexibility index (Phi) is 4.11. The fraction of sp³-hybridized carbons (Fsp3) is 0.500. The first kappa shape index (κ1) is 12.2.